The summed E-state index contributed by atoms with van der Waals surface area (Å²) in [5.74, 6) is -0.763. The minimum Gasteiger partial charge on any atom is -0.462 e. The lowest BCUT2D eigenvalue weighted by atomic mass is 9.99. The van der Waals surface area contributed by atoms with E-state index in [9.17, 15) is 14.4 Å². The van der Waals surface area contributed by atoms with E-state index < -0.39 is 5.97 Å². The number of rotatable bonds is 10. The van der Waals surface area contributed by atoms with Crippen molar-refractivity contribution in [3.63, 3.8) is 0 Å². The monoisotopic (exact) mass is 540 g/mol. The van der Waals surface area contributed by atoms with Crippen LogP contribution in [0.1, 0.15) is 42.3 Å². The fourth-order valence-corrected chi connectivity index (χ4v) is 4.49. The zero-order valence-electron chi connectivity index (χ0n) is 23.7. The molecule has 0 bridgehead atoms. The van der Waals surface area contributed by atoms with Crippen molar-refractivity contribution in [3.05, 3.63) is 89.5 Å². The van der Waals surface area contributed by atoms with Crippen molar-refractivity contribution in [1.29, 1.82) is 0 Å². The van der Waals surface area contributed by atoms with E-state index in [1.165, 1.54) is 0 Å². The molecule has 0 radical (unpaired) electrons. The van der Waals surface area contributed by atoms with Crippen molar-refractivity contribution in [1.82, 2.24) is 4.90 Å². The molecule has 0 atom stereocenters. The van der Waals surface area contributed by atoms with Crippen molar-refractivity contribution < 1.29 is 19.1 Å². The van der Waals surface area contributed by atoms with Gasteiger partial charge in [0, 0.05) is 35.9 Å². The molecule has 2 N–H and O–H groups in total. The normalized spacial score (nSPS) is 13.6. The van der Waals surface area contributed by atoms with Gasteiger partial charge >= 0.3 is 5.97 Å². The summed E-state index contributed by atoms with van der Waals surface area (Å²) >= 11 is 0. The Labute approximate surface area is 235 Å². The van der Waals surface area contributed by atoms with E-state index in [-0.39, 0.29) is 24.3 Å². The quantitative estimate of drug-likeness (QED) is 0.266. The van der Waals surface area contributed by atoms with Crippen molar-refractivity contribution in [2.45, 2.75) is 20.8 Å². The Balaban J connectivity index is 1.71. The van der Waals surface area contributed by atoms with Crippen LogP contribution in [-0.4, -0.2) is 56.5 Å². The second kappa shape index (κ2) is 12.6. The second-order valence-corrected chi connectivity index (χ2v) is 10.2. The Kier molecular flexibility index (Phi) is 9.01. The Hall–Kier alpha value is -4.43. The van der Waals surface area contributed by atoms with Crippen LogP contribution in [-0.2, 0) is 14.3 Å². The van der Waals surface area contributed by atoms with Gasteiger partial charge in [0.1, 0.15) is 0 Å². The number of nitrogens with one attached hydrogen (secondary N) is 2. The molecule has 1 heterocycles. The van der Waals surface area contributed by atoms with Crippen LogP contribution in [0.2, 0.25) is 0 Å². The minimum absolute atomic E-state index is 0.0658. The first kappa shape index (κ1) is 28.6. The lowest BCUT2D eigenvalue weighted by Gasteiger charge is -2.26. The molecule has 3 aromatic rings. The summed E-state index contributed by atoms with van der Waals surface area (Å²) in [7, 11) is 3.97. The van der Waals surface area contributed by atoms with Gasteiger partial charge in [0.25, 0.3) is 5.91 Å². The standard InChI is InChI=1S/C32H36N4O4/c1-6-40-32(39)23-12-17-26-27(20-23)34-30(37)28(26)29(22-10-8-7-9-11-22)33-24-13-15-25(16-14-24)36(19-18-35(4)5)31(38)21(2)3/h7-17,20-21,33H,6,18-19H2,1-5H3,(H,34,37)/b29-28-. The summed E-state index contributed by atoms with van der Waals surface area (Å²) in [4.78, 5) is 42.3. The molecule has 8 nitrogen and oxygen atoms in total. The number of amides is 2. The van der Waals surface area contributed by atoms with Gasteiger partial charge in [-0.2, -0.15) is 0 Å². The minimum atomic E-state index is -0.436. The fraction of sp³-hybridized carbons (Fsp3) is 0.281. The van der Waals surface area contributed by atoms with Crippen LogP contribution in [0.15, 0.2) is 72.8 Å². The van der Waals surface area contributed by atoms with Gasteiger partial charge in [-0.1, -0.05) is 50.2 Å². The third-order valence-electron chi connectivity index (χ3n) is 6.57. The number of carbonyl (C=O) groups excluding carboxylic acids is 3. The molecule has 0 fully saturated rings. The number of benzene rings is 3. The third-order valence-corrected chi connectivity index (χ3v) is 6.57. The van der Waals surface area contributed by atoms with E-state index in [1.807, 2.05) is 87.4 Å². The van der Waals surface area contributed by atoms with E-state index >= 15 is 0 Å². The number of nitrogens with zero attached hydrogens (tertiary/aromatic N) is 2. The number of ether oxygens (including phenoxy) is 1. The van der Waals surface area contributed by atoms with Gasteiger partial charge in [0.2, 0.25) is 5.91 Å². The molecule has 0 aliphatic carbocycles. The van der Waals surface area contributed by atoms with Crippen molar-refractivity contribution in [2.24, 2.45) is 5.92 Å². The first-order valence-electron chi connectivity index (χ1n) is 13.4. The zero-order valence-corrected chi connectivity index (χ0v) is 23.7. The number of anilines is 3. The van der Waals surface area contributed by atoms with E-state index in [1.54, 1.807) is 25.1 Å². The topological polar surface area (TPSA) is 91.0 Å². The number of carbonyl (C=O) groups is 3. The second-order valence-electron chi connectivity index (χ2n) is 10.2. The van der Waals surface area contributed by atoms with E-state index in [4.69, 9.17) is 4.74 Å². The highest BCUT2D eigenvalue weighted by Gasteiger charge is 2.29. The van der Waals surface area contributed by atoms with Crippen molar-refractivity contribution in [2.75, 3.05) is 49.3 Å². The van der Waals surface area contributed by atoms with Crippen LogP contribution in [0, 0.1) is 5.92 Å². The van der Waals surface area contributed by atoms with Gasteiger partial charge in [-0.3, -0.25) is 9.59 Å². The highest BCUT2D eigenvalue weighted by atomic mass is 16.5. The maximum Gasteiger partial charge on any atom is 0.338 e. The number of fused-ring (bicyclic) bond motifs is 1. The van der Waals surface area contributed by atoms with Crippen LogP contribution >= 0.6 is 0 Å². The van der Waals surface area contributed by atoms with E-state index in [0.29, 0.717) is 34.6 Å². The number of hydrogen-bond donors (Lipinski definition) is 2. The molecule has 0 unspecified atom stereocenters. The molecule has 208 valence electrons. The molecule has 2 amide bonds. The average molecular weight is 541 g/mol. The molecular formula is C32H36N4O4. The smallest absolute Gasteiger partial charge is 0.338 e. The lowest BCUT2D eigenvalue weighted by molar-refractivity contribution is -0.121. The summed E-state index contributed by atoms with van der Waals surface area (Å²) in [5.41, 5.74) is 5.15. The van der Waals surface area contributed by atoms with Crippen LogP contribution in [0.5, 0.6) is 0 Å². The first-order valence-corrected chi connectivity index (χ1v) is 13.4. The Morgan fingerprint density at radius 2 is 1.62 bits per heavy atom. The van der Waals surface area contributed by atoms with Crippen LogP contribution in [0.25, 0.3) is 11.3 Å². The molecule has 8 heteroatoms. The predicted octanol–water partition coefficient (Wildman–Crippen LogP) is 5.35. The Morgan fingerprint density at radius 1 is 0.925 bits per heavy atom. The molecule has 40 heavy (non-hydrogen) atoms. The average Bonchev–Trinajstić information content (AvgIpc) is 3.27. The number of likely N-dealkylation sites (N-methyl/N-ethyl adjacent to an activating group) is 1. The molecular weight excluding hydrogens is 504 g/mol. The maximum absolute atomic E-state index is 13.3. The van der Waals surface area contributed by atoms with Gasteiger partial charge in [-0.25, -0.2) is 4.79 Å². The zero-order chi connectivity index (χ0) is 28.8. The van der Waals surface area contributed by atoms with Crippen LogP contribution in [0.4, 0.5) is 17.1 Å². The van der Waals surface area contributed by atoms with E-state index in [0.717, 1.165) is 23.5 Å². The summed E-state index contributed by atoms with van der Waals surface area (Å²) < 4.78 is 5.12. The summed E-state index contributed by atoms with van der Waals surface area (Å²) in [6, 6.07) is 22.4. The van der Waals surface area contributed by atoms with E-state index in [2.05, 4.69) is 15.5 Å². The van der Waals surface area contributed by atoms with Crippen molar-refractivity contribution in [3.8, 4) is 0 Å². The first-order chi connectivity index (χ1) is 19.2. The van der Waals surface area contributed by atoms with Crippen molar-refractivity contribution >= 4 is 46.1 Å². The Morgan fingerprint density at radius 3 is 2.25 bits per heavy atom. The van der Waals surface area contributed by atoms with Crippen LogP contribution in [0.3, 0.4) is 0 Å². The lowest BCUT2D eigenvalue weighted by Crippen LogP contribution is -2.39. The molecule has 1 aliphatic heterocycles. The summed E-state index contributed by atoms with van der Waals surface area (Å²) in [6.45, 7) is 7.16. The predicted molar refractivity (Wildman–Crippen MR) is 160 cm³/mol. The molecule has 0 spiro atoms. The summed E-state index contributed by atoms with van der Waals surface area (Å²) in [5, 5.41) is 6.35. The van der Waals surface area contributed by atoms with Gasteiger partial charge in [0.15, 0.2) is 0 Å². The molecule has 0 aromatic heterocycles. The molecule has 1 aliphatic rings. The number of hydrogen-bond acceptors (Lipinski definition) is 6. The SMILES string of the molecule is CCOC(=O)c1ccc2c(c1)NC(=O)/C2=C(\Nc1ccc(N(CCN(C)C)C(=O)C(C)C)cc1)c1ccccc1. The molecule has 3 aromatic carbocycles. The van der Waals surface area contributed by atoms with Gasteiger partial charge in [-0.15, -0.1) is 0 Å². The third kappa shape index (κ3) is 6.40. The molecule has 4 rings (SSSR count). The Bertz CT molecular complexity index is 1410. The van der Waals surface area contributed by atoms with Gasteiger partial charge in [0.05, 0.1) is 29.1 Å². The van der Waals surface area contributed by atoms with Crippen LogP contribution < -0.4 is 15.5 Å². The highest BCUT2D eigenvalue weighted by molar-refractivity contribution is 6.37. The maximum atomic E-state index is 13.3. The molecule has 0 saturated carbocycles. The highest BCUT2D eigenvalue weighted by Crippen LogP contribution is 2.38. The largest absolute Gasteiger partial charge is 0.462 e. The molecule has 0 saturated heterocycles. The van der Waals surface area contributed by atoms with Gasteiger partial charge in [-0.05, 0) is 63.0 Å². The van der Waals surface area contributed by atoms with Gasteiger partial charge < -0.3 is 25.2 Å². The number of esters is 1. The fourth-order valence-electron chi connectivity index (χ4n) is 4.49. The summed E-state index contributed by atoms with van der Waals surface area (Å²) in [6.07, 6.45) is 0.